The van der Waals surface area contributed by atoms with Crippen molar-refractivity contribution in [3.63, 3.8) is 0 Å². The third kappa shape index (κ3) is 6.81. The zero-order valence-corrected chi connectivity index (χ0v) is 25.0. The molecule has 1 heterocycles. The molecule has 1 saturated heterocycles. The maximum atomic E-state index is 13.7. The standard InChI is InChI=1S/C28H30Cl3N3O4S/c1-28(2)18-33(21-8-6-20(29)7-9-21)14-15-34(28)27(35)23-16-26(25(31)17-24(23)30)39(36,37)32-13-12-19-4-10-22(38-3)11-5-19/h4-11,16-17,32H,12-15,18H2,1-3H3. The quantitative estimate of drug-likeness (QED) is 0.343. The predicted molar refractivity (Wildman–Crippen MR) is 157 cm³/mol. The van der Waals surface area contributed by atoms with E-state index >= 15 is 0 Å². The van der Waals surface area contributed by atoms with Gasteiger partial charge in [-0.25, -0.2) is 13.1 Å². The molecule has 3 aromatic carbocycles. The Balaban J connectivity index is 1.50. The van der Waals surface area contributed by atoms with Gasteiger partial charge in [0, 0.05) is 36.9 Å². The van der Waals surface area contributed by atoms with Crippen LogP contribution in [0.2, 0.25) is 15.1 Å². The summed E-state index contributed by atoms with van der Waals surface area (Å²) >= 11 is 18.8. The second-order valence-electron chi connectivity index (χ2n) is 9.93. The molecule has 39 heavy (non-hydrogen) atoms. The SMILES string of the molecule is COc1ccc(CCNS(=O)(=O)c2cc(C(=O)N3CCN(c4ccc(Cl)cc4)CC3(C)C)c(Cl)cc2Cl)cc1. The number of benzene rings is 3. The summed E-state index contributed by atoms with van der Waals surface area (Å²) < 4.78 is 34.0. The molecule has 1 amide bonds. The first kappa shape index (κ1) is 29.5. The lowest BCUT2D eigenvalue weighted by atomic mass is 9.96. The highest BCUT2D eigenvalue weighted by Gasteiger charge is 2.38. The Hall–Kier alpha value is -2.49. The Morgan fingerprint density at radius 1 is 0.974 bits per heavy atom. The van der Waals surface area contributed by atoms with E-state index in [1.54, 1.807) is 12.0 Å². The van der Waals surface area contributed by atoms with Gasteiger partial charge >= 0.3 is 0 Å². The van der Waals surface area contributed by atoms with Crippen LogP contribution in [0.4, 0.5) is 5.69 Å². The van der Waals surface area contributed by atoms with Crippen LogP contribution in [0.5, 0.6) is 5.75 Å². The van der Waals surface area contributed by atoms with Crippen molar-refractivity contribution in [1.29, 1.82) is 0 Å². The Kier molecular flexibility index (Phi) is 9.03. The molecule has 0 spiro atoms. The van der Waals surface area contributed by atoms with Crippen LogP contribution in [0.3, 0.4) is 0 Å². The molecule has 1 aliphatic heterocycles. The zero-order valence-electron chi connectivity index (χ0n) is 21.9. The number of methoxy groups -OCH3 is 1. The highest BCUT2D eigenvalue weighted by atomic mass is 35.5. The van der Waals surface area contributed by atoms with Gasteiger partial charge in [0.2, 0.25) is 10.0 Å². The lowest BCUT2D eigenvalue weighted by Crippen LogP contribution is -2.61. The fourth-order valence-corrected chi connectivity index (χ4v) is 6.66. The smallest absolute Gasteiger partial charge is 0.255 e. The molecule has 3 aromatic rings. The van der Waals surface area contributed by atoms with E-state index in [9.17, 15) is 13.2 Å². The van der Waals surface area contributed by atoms with Gasteiger partial charge in [-0.2, -0.15) is 0 Å². The van der Waals surface area contributed by atoms with Crippen LogP contribution in [-0.4, -0.2) is 58.1 Å². The van der Waals surface area contributed by atoms with Crippen LogP contribution in [0.25, 0.3) is 0 Å². The number of carbonyl (C=O) groups is 1. The first-order valence-electron chi connectivity index (χ1n) is 12.4. The van der Waals surface area contributed by atoms with Crippen molar-refractivity contribution < 1.29 is 17.9 Å². The fraction of sp³-hybridized carbons (Fsp3) is 0.321. The van der Waals surface area contributed by atoms with Gasteiger partial charge in [0.25, 0.3) is 5.91 Å². The summed E-state index contributed by atoms with van der Waals surface area (Å²) in [6.07, 6.45) is 0.465. The third-order valence-electron chi connectivity index (χ3n) is 6.75. The minimum Gasteiger partial charge on any atom is -0.497 e. The summed E-state index contributed by atoms with van der Waals surface area (Å²) in [5, 5.41) is 0.698. The largest absolute Gasteiger partial charge is 0.497 e. The topological polar surface area (TPSA) is 78.9 Å². The van der Waals surface area contributed by atoms with E-state index in [-0.39, 0.29) is 33.0 Å². The van der Waals surface area contributed by atoms with Crippen molar-refractivity contribution in [3.05, 3.63) is 86.9 Å². The molecule has 1 N–H and O–H groups in total. The highest BCUT2D eigenvalue weighted by molar-refractivity contribution is 7.89. The number of halogens is 3. The fourth-order valence-electron chi connectivity index (χ4n) is 4.65. The van der Waals surface area contributed by atoms with Crippen LogP contribution in [0.15, 0.2) is 65.6 Å². The molecule has 0 radical (unpaired) electrons. The van der Waals surface area contributed by atoms with Gasteiger partial charge in [-0.15, -0.1) is 0 Å². The molecular weight excluding hydrogens is 581 g/mol. The number of hydrogen-bond acceptors (Lipinski definition) is 5. The highest BCUT2D eigenvalue weighted by Crippen LogP contribution is 2.33. The summed E-state index contributed by atoms with van der Waals surface area (Å²) in [7, 11) is -2.43. The van der Waals surface area contributed by atoms with Crippen LogP contribution >= 0.6 is 34.8 Å². The van der Waals surface area contributed by atoms with Crippen molar-refractivity contribution in [2.45, 2.75) is 30.7 Å². The molecule has 0 unspecified atom stereocenters. The monoisotopic (exact) mass is 609 g/mol. The Bertz CT molecular complexity index is 1450. The molecule has 0 aliphatic carbocycles. The summed E-state index contributed by atoms with van der Waals surface area (Å²) in [4.78, 5) is 17.4. The average Bonchev–Trinajstić information content (AvgIpc) is 2.88. The molecule has 1 aliphatic rings. The van der Waals surface area contributed by atoms with Crippen molar-refractivity contribution in [2.75, 3.05) is 38.2 Å². The van der Waals surface area contributed by atoms with E-state index in [1.807, 2.05) is 62.4 Å². The van der Waals surface area contributed by atoms with Gasteiger partial charge in [-0.1, -0.05) is 46.9 Å². The number of hydrogen-bond donors (Lipinski definition) is 1. The summed E-state index contributed by atoms with van der Waals surface area (Å²) in [6.45, 7) is 5.68. The summed E-state index contributed by atoms with van der Waals surface area (Å²) in [6, 6.07) is 17.5. The average molecular weight is 611 g/mol. The van der Waals surface area contributed by atoms with Gasteiger partial charge in [0.1, 0.15) is 10.6 Å². The second-order valence-corrected chi connectivity index (χ2v) is 12.9. The molecule has 7 nitrogen and oxygen atoms in total. The molecular formula is C28H30Cl3N3O4S. The first-order chi connectivity index (χ1) is 18.4. The molecule has 0 aromatic heterocycles. The minimum absolute atomic E-state index is 0.0553. The van der Waals surface area contributed by atoms with E-state index in [2.05, 4.69) is 9.62 Å². The summed E-state index contributed by atoms with van der Waals surface area (Å²) in [5.41, 5.74) is 1.48. The predicted octanol–water partition coefficient (Wildman–Crippen LogP) is 5.92. The molecule has 208 valence electrons. The van der Waals surface area contributed by atoms with Crippen LogP contribution in [0.1, 0.15) is 29.8 Å². The number of nitrogens with one attached hydrogen (secondary N) is 1. The van der Waals surface area contributed by atoms with E-state index in [4.69, 9.17) is 39.5 Å². The number of nitrogens with zero attached hydrogens (tertiary/aromatic N) is 2. The number of carbonyl (C=O) groups excluding carboxylic acids is 1. The van der Waals surface area contributed by atoms with Crippen molar-refractivity contribution in [2.24, 2.45) is 0 Å². The second kappa shape index (κ2) is 11.9. The minimum atomic E-state index is -4.01. The summed E-state index contributed by atoms with van der Waals surface area (Å²) in [5.74, 6) is 0.367. The van der Waals surface area contributed by atoms with Crippen molar-refractivity contribution >= 4 is 56.4 Å². The van der Waals surface area contributed by atoms with Crippen molar-refractivity contribution in [1.82, 2.24) is 9.62 Å². The van der Waals surface area contributed by atoms with Crippen molar-refractivity contribution in [3.8, 4) is 5.75 Å². The molecule has 4 rings (SSSR count). The maximum absolute atomic E-state index is 13.7. The number of ether oxygens (including phenoxy) is 1. The number of anilines is 1. The third-order valence-corrected chi connectivity index (χ3v) is 9.24. The number of rotatable bonds is 8. The van der Waals surface area contributed by atoms with Gasteiger partial charge in [-0.3, -0.25) is 4.79 Å². The van der Waals surface area contributed by atoms with Crippen LogP contribution < -0.4 is 14.4 Å². The molecule has 1 fully saturated rings. The van der Waals surface area contributed by atoms with Crippen LogP contribution in [-0.2, 0) is 16.4 Å². The molecule has 11 heteroatoms. The van der Waals surface area contributed by atoms with Gasteiger partial charge in [0.05, 0.1) is 28.3 Å². The Morgan fingerprint density at radius 2 is 1.64 bits per heavy atom. The van der Waals surface area contributed by atoms with E-state index in [1.165, 1.54) is 12.1 Å². The number of sulfonamides is 1. The normalized spacial score (nSPS) is 15.3. The van der Waals surface area contributed by atoms with Gasteiger partial charge < -0.3 is 14.5 Å². The van der Waals surface area contributed by atoms with Gasteiger partial charge in [0.15, 0.2) is 0 Å². The lowest BCUT2D eigenvalue weighted by molar-refractivity contribution is 0.0514. The Labute approximate surface area is 244 Å². The van der Waals surface area contributed by atoms with Gasteiger partial charge in [-0.05, 0) is 74.4 Å². The Morgan fingerprint density at radius 3 is 2.26 bits per heavy atom. The molecule has 0 bridgehead atoms. The number of piperazine rings is 1. The van der Waals surface area contributed by atoms with Crippen LogP contribution in [0, 0.1) is 0 Å². The number of amides is 1. The first-order valence-corrected chi connectivity index (χ1v) is 15.0. The maximum Gasteiger partial charge on any atom is 0.255 e. The molecule has 0 saturated carbocycles. The zero-order chi connectivity index (χ0) is 28.4. The van der Waals surface area contributed by atoms with E-state index in [0.29, 0.717) is 31.1 Å². The van der Waals surface area contributed by atoms with E-state index < -0.39 is 15.6 Å². The lowest BCUT2D eigenvalue weighted by Gasteiger charge is -2.48. The van der Waals surface area contributed by atoms with E-state index in [0.717, 1.165) is 17.0 Å². The molecule has 0 atom stereocenters.